The SMILES string of the molecule is CCCC1CCC(C)(C(=O)OCC)CC1. The van der Waals surface area contributed by atoms with E-state index in [0.29, 0.717) is 6.61 Å². The summed E-state index contributed by atoms with van der Waals surface area (Å²) in [5.41, 5.74) is -0.194. The molecule has 0 aromatic heterocycles. The third kappa shape index (κ3) is 3.22. The zero-order chi connectivity index (χ0) is 11.3. The highest BCUT2D eigenvalue weighted by Gasteiger charge is 2.38. The van der Waals surface area contributed by atoms with E-state index in [1.54, 1.807) is 0 Å². The quantitative estimate of drug-likeness (QED) is 0.666. The number of hydrogen-bond donors (Lipinski definition) is 0. The van der Waals surface area contributed by atoms with E-state index in [1.807, 2.05) is 6.92 Å². The average molecular weight is 212 g/mol. The number of carbonyl (C=O) groups excluding carboxylic acids is 1. The summed E-state index contributed by atoms with van der Waals surface area (Å²) in [5.74, 6) is 0.859. The Labute approximate surface area is 93.4 Å². The second kappa shape index (κ2) is 5.53. The van der Waals surface area contributed by atoms with E-state index in [-0.39, 0.29) is 11.4 Å². The highest BCUT2D eigenvalue weighted by molar-refractivity contribution is 5.76. The Morgan fingerprint density at radius 2 is 1.93 bits per heavy atom. The lowest BCUT2D eigenvalue weighted by Crippen LogP contribution is -2.34. The van der Waals surface area contributed by atoms with E-state index in [2.05, 4.69) is 13.8 Å². The van der Waals surface area contributed by atoms with Crippen molar-refractivity contribution in [3.63, 3.8) is 0 Å². The van der Waals surface area contributed by atoms with Gasteiger partial charge in [-0.05, 0) is 45.4 Å². The molecule has 0 bridgehead atoms. The third-order valence-corrected chi connectivity index (χ3v) is 3.67. The molecule has 0 heterocycles. The molecule has 0 amide bonds. The molecule has 0 spiro atoms. The van der Waals surface area contributed by atoms with Crippen LogP contribution in [0.5, 0.6) is 0 Å². The molecule has 0 aliphatic heterocycles. The normalized spacial score (nSPS) is 31.3. The predicted octanol–water partition coefficient (Wildman–Crippen LogP) is 3.55. The fraction of sp³-hybridized carbons (Fsp3) is 0.923. The number of hydrogen-bond acceptors (Lipinski definition) is 2. The molecule has 0 aromatic carbocycles. The number of ether oxygens (including phenoxy) is 1. The van der Waals surface area contributed by atoms with Gasteiger partial charge in [-0.1, -0.05) is 19.8 Å². The number of carbonyl (C=O) groups is 1. The molecule has 0 atom stereocenters. The lowest BCUT2D eigenvalue weighted by Gasteiger charge is -2.35. The van der Waals surface area contributed by atoms with E-state index in [4.69, 9.17) is 4.74 Å². The molecular formula is C13H24O2. The average Bonchev–Trinajstić information content (AvgIpc) is 2.22. The minimum absolute atomic E-state index is 0.0138. The van der Waals surface area contributed by atoms with Gasteiger partial charge in [0.2, 0.25) is 0 Å². The van der Waals surface area contributed by atoms with Gasteiger partial charge in [-0.3, -0.25) is 4.79 Å². The van der Waals surface area contributed by atoms with Crippen LogP contribution in [0.1, 0.15) is 59.3 Å². The van der Waals surface area contributed by atoms with Gasteiger partial charge in [0.15, 0.2) is 0 Å². The Morgan fingerprint density at radius 3 is 2.40 bits per heavy atom. The smallest absolute Gasteiger partial charge is 0.311 e. The van der Waals surface area contributed by atoms with Crippen molar-refractivity contribution in [2.45, 2.75) is 59.3 Å². The minimum Gasteiger partial charge on any atom is -0.466 e. The largest absolute Gasteiger partial charge is 0.466 e. The summed E-state index contributed by atoms with van der Waals surface area (Å²) in [6.07, 6.45) is 7.00. The maximum atomic E-state index is 11.8. The molecule has 0 N–H and O–H groups in total. The number of esters is 1. The van der Waals surface area contributed by atoms with Gasteiger partial charge < -0.3 is 4.74 Å². The fourth-order valence-electron chi connectivity index (χ4n) is 2.52. The van der Waals surface area contributed by atoms with Crippen LogP contribution in [0.2, 0.25) is 0 Å². The van der Waals surface area contributed by atoms with Crippen molar-refractivity contribution in [3.8, 4) is 0 Å². The summed E-state index contributed by atoms with van der Waals surface area (Å²) < 4.78 is 5.14. The van der Waals surface area contributed by atoms with Crippen LogP contribution in [0.25, 0.3) is 0 Å². The topological polar surface area (TPSA) is 26.3 Å². The van der Waals surface area contributed by atoms with Crippen molar-refractivity contribution < 1.29 is 9.53 Å². The lowest BCUT2D eigenvalue weighted by molar-refractivity contribution is -0.156. The van der Waals surface area contributed by atoms with Crippen LogP contribution in [0.15, 0.2) is 0 Å². The van der Waals surface area contributed by atoms with E-state index in [9.17, 15) is 4.79 Å². The molecule has 15 heavy (non-hydrogen) atoms. The Kier molecular flexibility index (Phi) is 4.62. The minimum atomic E-state index is -0.194. The second-order valence-electron chi connectivity index (χ2n) is 5.01. The Hall–Kier alpha value is -0.530. The Balaban J connectivity index is 2.43. The van der Waals surface area contributed by atoms with Gasteiger partial charge in [-0.15, -0.1) is 0 Å². The Bertz CT molecular complexity index is 203. The van der Waals surface area contributed by atoms with E-state index >= 15 is 0 Å². The maximum absolute atomic E-state index is 11.8. The first-order valence-electron chi connectivity index (χ1n) is 6.29. The molecule has 1 aliphatic carbocycles. The summed E-state index contributed by atoms with van der Waals surface area (Å²) in [7, 11) is 0. The molecule has 1 saturated carbocycles. The molecule has 1 fully saturated rings. The molecule has 0 saturated heterocycles. The van der Waals surface area contributed by atoms with Crippen molar-refractivity contribution >= 4 is 5.97 Å². The summed E-state index contributed by atoms with van der Waals surface area (Å²) in [6.45, 7) is 6.68. The van der Waals surface area contributed by atoms with Crippen LogP contribution < -0.4 is 0 Å². The first-order chi connectivity index (χ1) is 7.12. The first kappa shape index (κ1) is 12.5. The van der Waals surface area contributed by atoms with E-state index in [0.717, 1.165) is 18.8 Å². The van der Waals surface area contributed by atoms with E-state index in [1.165, 1.54) is 25.7 Å². The molecule has 1 rings (SSSR count). The number of rotatable bonds is 4. The van der Waals surface area contributed by atoms with Gasteiger partial charge in [0.05, 0.1) is 12.0 Å². The van der Waals surface area contributed by atoms with Gasteiger partial charge in [0.1, 0.15) is 0 Å². The van der Waals surface area contributed by atoms with Crippen LogP contribution >= 0.6 is 0 Å². The zero-order valence-electron chi connectivity index (χ0n) is 10.3. The lowest BCUT2D eigenvalue weighted by atomic mass is 9.71. The van der Waals surface area contributed by atoms with Gasteiger partial charge >= 0.3 is 5.97 Å². The molecule has 2 nitrogen and oxygen atoms in total. The molecule has 0 aromatic rings. The zero-order valence-corrected chi connectivity index (χ0v) is 10.3. The van der Waals surface area contributed by atoms with Crippen molar-refractivity contribution in [1.82, 2.24) is 0 Å². The molecule has 88 valence electrons. The van der Waals surface area contributed by atoms with Gasteiger partial charge in [0, 0.05) is 0 Å². The van der Waals surface area contributed by atoms with Crippen LogP contribution in [-0.4, -0.2) is 12.6 Å². The van der Waals surface area contributed by atoms with Crippen LogP contribution in [-0.2, 0) is 9.53 Å². The highest BCUT2D eigenvalue weighted by atomic mass is 16.5. The predicted molar refractivity (Wildman–Crippen MR) is 61.6 cm³/mol. The third-order valence-electron chi connectivity index (χ3n) is 3.67. The second-order valence-corrected chi connectivity index (χ2v) is 5.01. The molecule has 2 heteroatoms. The van der Waals surface area contributed by atoms with Crippen molar-refractivity contribution in [2.75, 3.05) is 6.61 Å². The van der Waals surface area contributed by atoms with Gasteiger partial charge in [0.25, 0.3) is 0 Å². The molecule has 1 aliphatic rings. The van der Waals surface area contributed by atoms with Crippen molar-refractivity contribution in [1.29, 1.82) is 0 Å². The Morgan fingerprint density at radius 1 is 1.33 bits per heavy atom. The van der Waals surface area contributed by atoms with Crippen molar-refractivity contribution in [3.05, 3.63) is 0 Å². The van der Waals surface area contributed by atoms with Gasteiger partial charge in [-0.25, -0.2) is 0 Å². The van der Waals surface area contributed by atoms with Crippen LogP contribution in [0.3, 0.4) is 0 Å². The van der Waals surface area contributed by atoms with E-state index < -0.39 is 0 Å². The van der Waals surface area contributed by atoms with Gasteiger partial charge in [-0.2, -0.15) is 0 Å². The van der Waals surface area contributed by atoms with Crippen molar-refractivity contribution in [2.24, 2.45) is 11.3 Å². The fourth-order valence-corrected chi connectivity index (χ4v) is 2.52. The molecule has 0 radical (unpaired) electrons. The summed E-state index contributed by atoms with van der Waals surface area (Å²) in [6, 6.07) is 0. The highest BCUT2D eigenvalue weighted by Crippen LogP contribution is 2.40. The van der Waals surface area contributed by atoms with Crippen LogP contribution in [0.4, 0.5) is 0 Å². The monoisotopic (exact) mass is 212 g/mol. The standard InChI is InChI=1S/C13H24O2/c1-4-6-11-7-9-13(3,10-8-11)12(14)15-5-2/h11H,4-10H2,1-3H3. The summed E-state index contributed by atoms with van der Waals surface area (Å²) in [4.78, 5) is 11.8. The maximum Gasteiger partial charge on any atom is 0.311 e. The molecular weight excluding hydrogens is 188 g/mol. The first-order valence-corrected chi connectivity index (χ1v) is 6.29. The summed E-state index contributed by atoms with van der Waals surface area (Å²) in [5, 5.41) is 0. The molecule has 0 unspecified atom stereocenters. The summed E-state index contributed by atoms with van der Waals surface area (Å²) >= 11 is 0. The van der Waals surface area contributed by atoms with Crippen LogP contribution in [0, 0.1) is 11.3 Å².